The quantitative estimate of drug-likeness (QED) is 0.887. The Bertz CT molecular complexity index is 754. The van der Waals surface area contributed by atoms with Crippen LogP contribution in [0.25, 0.3) is 5.69 Å². The molecule has 7 heteroatoms. The van der Waals surface area contributed by atoms with E-state index in [-0.39, 0.29) is 24.1 Å². The van der Waals surface area contributed by atoms with Gasteiger partial charge in [0.25, 0.3) is 0 Å². The molecule has 1 aromatic carbocycles. The van der Waals surface area contributed by atoms with E-state index in [4.69, 9.17) is 0 Å². The van der Waals surface area contributed by atoms with E-state index in [9.17, 15) is 9.18 Å². The van der Waals surface area contributed by atoms with Crippen molar-refractivity contribution in [2.75, 3.05) is 20.1 Å². The lowest BCUT2D eigenvalue weighted by Gasteiger charge is -2.31. The molecule has 0 bridgehead atoms. The minimum Gasteiger partial charge on any atom is -0.342 e. The molecule has 2 heterocycles. The molecule has 1 aliphatic rings. The minimum atomic E-state index is -0.274. The van der Waals surface area contributed by atoms with Crippen molar-refractivity contribution in [2.45, 2.75) is 39.2 Å². The predicted octanol–water partition coefficient (Wildman–Crippen LogP) is 2.80. The molecule has 1 saturated heterocycles. The zero-order valence-corrected chi connectivity index (χ0v) is 16.3. The number of hydrogen-bond donors (Lipinski definition) is 1. The number of nitrogens with one attached hydrogen (secondary N) is 1. The fourth-order valence-corrected chi connectivity index (χ4v) is 3.44. The lowest BCUT2D eigenvalue weighted by molar-refractivity contribution is -0.131. The molecule has 142 valence electrons. The smallest absolute Gasteiger partial charge is 0.227 e. The van der Waals surface area contributed by atoms with Gasteiger partial charge in [0.2, 0.25) is 5.91 Å². The highest BCUT2D eigenvalue weighted by Crippen LogP contribution is 2.20. The van der Waals surface area contributed by atoms with Crippen LogP contribution in [0, 0.1) is 19.7 Å². The summed E-state index contributed by atoms with van der Waals surface area (Å²) in [6, 6.07) is 6.54. The van der Waals surface area contributed by atoms with Crippen LogP contribution in [0.15, 0.2) is 24.3 Å². The highest BCUT2D eigenvalue weighted by Gasteiger charge is 2.24. The van der Waals surface area contributed by atoms with Gasteiger partial charge in [-0.05, 0) is 64.0 Å². The Balaban J connectivity index is 0.00000243. The molecule has 1 fully saturated rings. The number of rotatable bonds is 4. The fraction of sp³-hybridized carbons (Fsp3) is 0.474. The van der Waals surface area contributed by atoms with E-state index >= 15 is 0 Å². The van der Waals surface area contributed by atoms with Gasteiger partial charge in [0.15, 0.2) is 0 Å². The van der Waals surface area contributed by atoms with Crippen molar-refractivity contribution in [3.8, 4) is 5.69 Å². The van der Waals surface area contributed by atoms with Crippen molar-refractivity contribution in [1.29, 1.82) is 0 Å². The molecule has 0 radical (unpaired) electrons. The van der Waals surface area contributed by atoms with Crippen LogP contribution in [0.3, 0.4) is 0 Å². The van der Waals surface area contributed by atoms with E-state index in [1.807, 2.05) is 25.8 Å². The third-order valence-corrected chi connectivity index (χ3v) is 5.09. The molecule has 1 aliphatic heterocycles. The van der Waals surface area contributed by atoms with Crippen LogP contribution in [0.2, 0.25) is 0 Å². The van der Waals surface area contributed by atoms with Crippen LogP contribution in [-0.2, 0) is 11.2 Å². The Morgan fingerprint density at radius 2 is 1.88 bits per heavy atom. The summed E-state index contributed by atoms with van der Waals surface area (Å²) in [6.07, 6.45) is 2.34. The molecule has 0 unspecified atom stereocenters. The van der Waals surface area contributed by atoms with Crippen molar-refractivity contribution >= 4 is 18.3 Å². The van der Waals surface area contributed by atoms with Gasteiger partial charge < -0.3 is 10.2 Å². The average Bonchev–Trinajstić information content (AvgIpc) is 2.90. The molecule has 1 amide bonds. The van der Waals surface area contributed by atoms with Gasteiger partial charge in [-0.3, -0.25) is 4.79 Å². The monoisotopic (exact) mass is 380 g/mol. The first kappa shape index (κ1) is 20.4. The van der Waals surface area contributed by atoms with Gasteiger partial charge in [-0.2, -0.15) is 5.10 Å². The molecule has 0 saturated carbocycles. The maximum absolute atomic E-state index is 13.1. The van der Waals surface area contributed by atoms with Crippen LogP contribution in [-0.4, -0.2) is 46.8 Å². The molecule has 5 nitrogen and oxygen atoms in total. The maximum atomic E-state index is 13.1. The van der Waals surface area contributed by atoms with E-state index in [2.05, 4.69) is 10.4 Å². The second-order valence-electron chi connectivity index (χ2n) is 6.70. The maximum Gasteiger partial charge on any atom is 0.227 e. The number of benzene rings is 1. The first-order valence-electron chi connectivity index (χ1n) is 8.75. The number of nitrogens with zero attached hydrogens (tertiary/aromatic N) is 3. The summed E-state index contributed by atoms with van der Waals surface area (Å²) in [5.41, 5.74) is 3.52. The number of hydrogen-bond acceptors (Lipinski definition) is 3. The zero-order valence-electron chi connectivity index (χ0n) is 15.5. The second kappa shape index (κ2) is 8.64. The first-order valence-corrected chi connectivity index (χ1v) is 8.75. The van der Waals surface area contributed by atoms with Crippen molar-refractivity contribution < 1.29 is 9.18 Å². The third-order valence-electron chi connectivity index (χ3n) is 5.09. The van der Waals surface area contributed by atoms with Crippen molar-refractivity contribution in [1.82, 2.24) is 20.0 Å². The van der Waals surface area contributed by atoms with E-state index in [0.717, 1.165) is 48.6 Å². The summed E-state index contributed by atoms with van der Waals surface area (Å²) < 4.78 is 14.9. The second-order valence-corrected chi connectivity index (χ2v) is 6.70. The van der Waals surface area contributed by atoms with E-state index in [0.29, 0.717) is 12.5 Å². The summed E-state index contributed by atoms with van der Waals surface area (Å²) in [5.74, 6) is -0.152. The number of halogens is 2. The summed E-state index contributed by atoms with van der Waals surface area (Å²) in [7, 11) is 1.90. The molecule has 3 rings (SSSR count). The Kier molecular flexibility index (Phi) is 6.78. The van der Waals surface area contributed by atoms with Gasteiger partial charge in [-0.15, -0.1) is 12.4 Å². The van der Waals surface area contributed by atoms with Crippen LogP contribution in [0.4, 0.5) is 4.39 Å². The Morgan fingerprint density at radius 1 is 1.27 bits per heavy atom. The average molecular weight is 381 g/mol. The molecular formula is C19H26ClFN4O. The van der Waals surface area contributed by atoms with E-state index in [1.54, 1.807) is 16.8 Å². The normalized spacial score (nSPS) is 14.8. The van der Waals surface area contributed by atoms with Gasteiger partial charge >= 0.3 is 0 Å². The molecule has 1 aromatic heterocycles. The van der Waals surface area contributed by atoms with Gasteiger partial charge in [0, 0.05) is 24.3 Å². The minimum absolute atomic E-state index is 0. The van der Waals surface area contributed by atoms with E-state index in [1.165, 1.54) is 12.1 Å². The standard InChI is InChI=1S/C19H25FN4O.ClH/c1-13-18(12-19(25)23(3)16-8-10-21-11-9-16)14(2)24(22-13)17-6-4-15(20)5-7-17;/h4-7,16,21H,8-12H2,1-3H3;1H. The number of piperidine rings is 1. The van der Waals surface area contributed by atoms with Gasteiger partial charge in [0.1, 0.15) is 5.82 Å². The number of carbonyl (C=O) groups excluding carboxylic acids is 1. The van der Waals surface area contributed by atoms with Gasteiger partial charge in [-0.1, -0.05) is 0 Å². The summed E-state index contributed by atoms with van der Waals surface area (Å²) in [5, 5.41) is 7.87. The Hall–Kier alpha value is -1.92. The number of aromatic nitrogens is 2. The van der Waals surface area contributed by atoms with Gasteiger partial charge in [0.05, 0.1) is 17.8 Å². The molecule has 0 spiro atoms. The molecule has 26 heavy (non-hydrogen) atoms. The third kappa shape index (κ3) is 4.24. The van der Waals surface area contributed by atoms with Crippen LogP contribution >= 0.6 is 12.4 Å². The summed E-state index contributed by atoms with van der Waals surface area (Å²) in [6.45, 7) is 5.79. The number of carbonyl (C=O) groups is 1. The largest absolute Gasteiger partial charge is 0.342 e. The van der Waals surface area contributed by atoms with Crippen molar-refractivity contribution in [3.05, 3.63) is 47.0 Å². The fourth-order valence-electron chi connectivity index (χ4n) is 3.44. The number of aryl methyl sites for hydroxylation is 1. The van der Waals surface area contributed by atoms with Crippen LogP contribution in [0.1, 0.15) is 29.8 Å². The zero-order chi connectivity index (χ0) is 18.0. The number of likely N-dealkylation sites (N-methyl/N-ethyl adjacent to an activating group) is 1. The lowest BCUT2D eigenvalue weighted by Crippen LogP contribution is -2.44. The van der Waals surface area contributed by atoms with Gasteiger partial charge in [-0.25, -0.2) is 9.07 Å². The molecule has 2 aromatic rings. The number of amides is 1. The first-order chi connectivity index (χ1) is 12.0. The molecule has 1 N–H and O–H groups in total. The van der Waals surface area contributed by atoms with Crippen molar-refractivity contribution in [3.63, 3.8) is 0 Å². The summed E-state index contributed by atoms with van der Waals surface area (Å²) in [4.78, 5) is 14.6. The Morgan fingerprint density at radius 3 is 2.50 bits per heavy atom. The lowest BCUT2D eigenvalue weighted by atomic mass is 10.0. The Labute approximate surface area is 160 Å². The molecule has 0 aliphatic carbocycles. The highest BCUT2D eigenvalue weighted by atomic mass is 35.5. The van der Waals surface area contributed by atoms with Crippen LogP contribution < -0.4 is 5.32 Å². The SMILES string of the molecule is Cc1nn(-c2ccc(F)cc2)c(C)c1CC(=O)N(C)C1CCNCC1.Cl. The topological polar surface area (TPSA) is 50.2 Å². The van der Waals surface area contributed by atoms with Crippen LogP contribution in [0.5, 0.6) is 0 Å². The molecule has 0 atom stereocenters. The van der Waals surface area contributed by atoms with E-state index < -0.39 is 0 Å². The summed E-state index contributed by atoms with van der Waals surface area (Å²) >= 11 is 0. The highest BCUT2D eigenvalue weighted by molar-refractivity contribution is 5.85. The van der Waals surface area contributed by atoms with Crippen molar-refractivity contribution in [2.24, 2.45) is 0 Å². The molecular weight excluding hydrogens is 355 g/mol. The predicted molar refractivity (Wildman–Crippen MR) is 103 cm³/mol.